The fourth-order valence-corrected chi connectivity index (χ4v) is 4.19. The number of rotatable bonds is 4. The highest BCUT2D eigenvalue weighted by Gasteiger charge is 2.21. The molecule has 0 aliphatic carbocycles. The molecule has 0 amide bonds. The standard InChI is InChI=1S/C19H17ClN2O2S/c1-3-18(21-14(2)20)17-13-22(19-12-8-7-11-16(17)19)25(23,24)15-9-5-4-6-10-15/h3-13H,1-2H3/b18-3-,21-14?. The van der Waals surface area contributed by atoms with Crippen LogP contribution in [-0.4, -0.2) is 17.6 Å². The number of benzene rings is 2. The molecule has 1 heterocycles. The lowest BCUT2D eigenvalue weighted by Crippen LogP contribution is -2.11. The fourth-order valence-electron chi connectivity index (χ4n) is 2.71. The highest BCUT2D eigenvalue weighted by molar-refractivity contribution is 7.90. The van der Waals surface area contributed by atoms with Crippen molar-refractivity contribution in [2.24, 2.45) is 4.99 Å². The maximum Gasteiger partial charge on any atom is 0.268 e. The Kier molecular flexibility index (Phi) is 4.79. The lowest BCUT2D eigenvalue weighted by Gasteiger charge is -2.07. The quantitative estimate of drug-likeness (QED) is 0.612. The van der Waals surface area contributed by atoms with E-state index in [1.54, 1.807) is 49.5 Å². The van der Waals surface area contributed by atoms with Crippen LogP contribution in [0.2, 0.25) is 0 Å². The first-order valence-corrected chi connectivity index (χ1v) is 9.55. The van der Waals surface area contributed by atoms with Crippen molar-refractivity contribution >= 4 is 43.4 Å². The molecule has 0 aliphatic heterocycles. The van der Waals surface area contributed by atoms with Gasteiger partial charge in [-0.15, -0.1) is 0 Å². The van der Waals surface area contributed by atoms with Crippen molar-refractivity contribution < 1.29 is 8.42 Å². The summed E-state index contributed by atoms with van der Waals surface area (Å²) in [6.07, 6.45) is 3.42. The zero-order chi connectivity index (χ0) is 18.0. The number of hydrogen-bond donors (Lipinski definition) is 0. The summed E-state index contributed by atoms with van der Waals surface area (Å²) in [5.74, 6) is 0. The summed E-state index contributed by atoms with van der Waals surface area (Å²) in [6.45, 7) is 3.53. The van der Waals surface area contributed by atoms with E-state index in [4.69, 9.17) is 11.6 Å². The molecule has 25 heavy (non-hydrogen) atoms. The Labute approximate surface area is 152 Å². The van der Waals surface area contributed by atoms with Gasteiger partial charge in [0.15, 0.2) is 0 Å². The molecule has 0 N–H and O–H groups in total. The van der Waals surface area contributed by atoms with Gasteiger partial charge in [0.1, 0.15) is 5.17 Å². The Morgan fingerprint density at radius 2 is 1.72 bits per heavy atom. The van der Waals surface area contributed by atoms with Gasteiger partial charge in [0.2, 0.25) is 0 Å². The molecule has 0 bridgehead atoms. The molecule has 128 valence electrons. The van der Waals surface area contributed by atoms with Gasteiger partial charge in [-0.3, -0.25) is 0 Å². The lowest BCUT2D eigenvalue weighted by molar-refractivity contribution is 0.589. The van der Waals surface area contributed by atoms with Gasteiger partial charge in [0, 0.05) is 17.1 Å². The second-order valence-corrected chi connectivity index (χ2v) is 7.82. The van der Waals surface area contributed by atoms with Crippen LogP contribution in [0.5, 0.6) is 0 Å². The third-order valence-electron chi connectivity index (χ3n) is 3.80. The van der Waals surface area contributed by atoms with Crippen LogP contribution >= 0.6 is 11.6 Å². The number of nitrogens with zero attached hydrogens (tertiary/aromatic N) is 2. The second-order valence-electron chi connectivity index (χ2n) is 5.46. The average Bonchev–Trinajstić information content (AvgIpc) is 3.00. The van der Waals surface area contributed by atoms with Crippen LogP contribution in [0.15, 0.2) is 76.8 Å². The third-order valence-corrected chi connectivity index (χ3v) is 5.57. The molecule has 0 spiro atoms. The molecule has 0 atom stereocenters. The minimum Gasteiger partial charge on any atom is -0.241 e. The molecule has 4 nitrogen and oxygen atoms in total. The van der Waals surface area contributed by atoms with Crippen LogP contribution in [0.1, 0.15) is 19.4 Å². The number of aliphatic imine (C=N–C) groups is 1. The molecule has 2 aromatic carbocycles. The van der Waals surface area contributed by atoms with Crippen LogP contribution in [0.3, 0.4) is 0 Å². The normalized spacial score (nSPS) is 13.4. The smallest absolute Gasteiger partial charge is 0.241 e. The van der Waals surface area contributed by atoms with E-state index in [1.807, 2.05) is 31.2 Å². The Bertz CT molecular complexity index is 1080. The number of para-hydroxylation sites is 1. The van der Waals surface area contributed by atoms with Crippen molar-refractivity contribution in [2.75, 3.05) is 0 Å². The molecule has 6 heteroatoms. The molecule has 3 aromatic rings. The maximum absolute atomic E-state index is 13.1. The molecular formula is C19H17ClN2O2S. The van der Waals surface area contributed by atoms with Gasteiger partial charge in [-0.2, -0.15) is 0 Å². The topological polar surface area (TPSA) is 51.4 Å². The summed E-state index contributed by atoms with van der Waals surface area (Å²) in [5.41, 5.74) is 1.95. The highest BCUT2D eigenvalue weighted by atomic mass is 35.5. The first-order chi connectivity index (χ1) is 11.9. The monoisotopic (exact) mass is 372 g/mol. The SMILES string of the molecule is C/C=C(\N=C(C)Cl)c1cn(S(=O)(=O)c2ccccc2)c2ccccc12. The third kappa shape index (κ3) is 3.25. The number of allylic oxidation sites excluding steroid dienone is 1. The van der Waals surface area contributed by atoms with E-state index >= 15 is 0 Å². The van der Waals surface area contributed by atoms with Crippen LogP contribution in [0, 0.1) is 0 Å². The Morgan fingerprint density at radius 3 is 2.36 bits per heavy atom. The van der Waals surface area contributed by atoms with E-state index in [1.165, 1.54) is 3.97 Å². The summed E-state index contributed by atoms with van der Waals surface area (Å²) in [5, 5.41) is 1.19. The average molecular weight is 373 g/mol. The van der Waals surface area contributed by atoms with Crippen molar-refractivity contribution in [3.05, 3.63) is 72.4 Å². The molecule has 0 fully saturated rings. The molecule has 0 aliphatic rings. The van der Waals surface area contributed by atoms with Crippen molar-refractivity contribution in [1.82, 2.24) is 3.97 Å². The van der Waals surface area contributed by atoms with Crippen molar-refractivity contribution in [3.63, 3.8) is 0 Å². The van der Waals surface area contributed by atoms with E-state index in [0.29, 0.717) is 16.4 Å². The first-order valence-electron chi connectivity index (χ1n) is 7.73. The zero-order valence-corrected chi connectivity index (χ0v) is 15.4. The first kappa shape index (κ1) is 17.5. The summed E-state index contributed by atoms with van der Waals surface area (Å²) in [4.78, 5) is 4.56. The van der Waals surface area contributed by atoms with Gasteiger partial charge in [0.05, 0.1) is 16.1 Å². The fraction of sp³-hybridized carbons (Fsp3) is 0.105. The number of hydrogen-bond acceptors (Lipinski definition) is 3. The van der Waals surface area contributed by atoms with E-state index in [0.717, 1.165) is 10.9 Å². The largest absolute Gasteiger partial charge is 0.268 e. The number of halogens is 1. The second kappa shape index (κ2) is 6.86. The van der Waals surface area contributed by atoms with Crippen LogP contribution in [0.4, 0.5) is 0 Å². The zero-order valence-electron chi connectivity index (χ0n) is 13.8. The Balaban J connectivity index is 2.31. The minimum atomic E-state index is -3.71. The number of fused-ring (bicyclic) bond motifs is 1. The lowest BCUT2D eigenvalue weighted by atomic mass is 10.1. The molecule has 0 saturated carbocycles. The Hall–Kier alpha value is -2.37. The predicted octanol–water partition coefficient (Wildman–Crippen LogP) is 4.90. The van der Waals surface area contributed by atoms with Gasteiger partial charge in [-0.1, -0.05) is 54.1 Å². The van der Waals surface area contributed by atoms with E-state index < -0.39 is 10.0 Å². The van der Waals surface area contributed by atoms with Gasteiger partial charge in [-0.05, 0) is 32.0 Å². The predicted molar refractivity (Wildman–Crippen MR) is 104 cm³/mol. The van der Waals surface area contributed by atoms with Crippen molar-refractivity contribution in [1.29, 1.82) is 0 Å². The summed E-state index contributed by atoms with van der Waals surface area (Å²) >= 11 is 5.93. The van der Waals surface area contributed by atoms with Crippen molar-refractivity contribution in [2.45, 2.75) is 18.7 Å². The summed E-state index contributed by atoms with van der Waals surface area (Å²) < 4.78 is 27.5. The van der Waals surface area contributed by atoms with Gasteiger partial charge < -0.3 is 0 Å². The highest BCUT2D eigenvalue weighted by Crippen LogP contribution is 2.31. The van der Waals surface area contributed by atoms with Crippen LogP contribution in [-0.2, 0) is 10.0 Å². The van der Waals surface area contributed by atoms with E-state index in [9.17, 15) is 8.42 Å². The van der Waals surface area contributed by atoms with Crippen LogP contribution in [0.25, 0.3) is 16.6 Å². The summed E-state index contributed by atoms with van der Waals surface area (Å²) in [7, 11) is -3.71. The van der Waals surface area contributed by atoms with Crippen LogP contribution < -0.4 is 0 Å². The summed E-state index contributed by atoms with van der Waals surface area (Å²) in [6, 6.07) is 15.7. The number of aromatic nitrogens is 1. The van der Waals surface area contributed by atoms with Gasteiger partial charge in [-0.25, -0.2) is 17.4 Å². The van der Waals surface area contributed by atoms with E-state index in [2.05, 4.69) is 4.99 Å². The minimum absolute atomic E-state index is 0.237. The maximum atomic E-state index is 13.1. The van der Waals surface area contributed by atoms with E-state index in [-0.39, 0.29) is 4.90 Å². The molecule has 3 rings (SSSR count). The molecule has 0 saturated heterocycles. The molecule has 1 aromatic heterocycles. The van der Waals surface area contributed by atoms with Gasteiger partial charge >= 0.3 is 0 Å². The Morgan fingerprint density at radius 1 is 1.08 bits per heavy atom. The molecule has 0 unspecified atom stereocenters. The van der Waals surface area contributed by atoms with Crippen molar-refractivity contribution in [3.8, 4) is 0 Å². The van der Waals surface area contributed by atoms with Gasteiger partial charge in [0.25, 0.3) is 10.0 Å². The molecular weight excluding hydrogens is 356 g/mol. The molecule has 0 radical (unpaired) electrons.